The van der Waals surface area contributed by atoms with Crippen molar-refractivity contribution in [2.24, 2.45) is 0 Å². The number of nitrogens with zero attached hydrogens (tertiary/aromatic N) is 2. The molecule has 1 aromatic heterocycles. The van der Waals surface area contributed by atoms with Crippen molar-refractivity contribution in [3.8, 4) is 0 Å². The van der Waals surface area contributed by atoms with Crippen LogP contribution in [0.2, 0.25) is 5.15 Å². The van der Waals surface area contributed by atoms with Crippen LogP contribution in [0.5, 0.6) is 0 Å². The van der Waals surface area contributed by atoms with E-state index in [1.165, 1.54) is 12.4 Å². The van der Waals surface area contributed by atoms with Crippen LogP contribution in [-0.2, 0) is 0 Å². The molecule has 6 heteroatoms. The van der Waals surface area contributed by atoms with Crippen LogP contribution in [0.15, 0.2) is 12.4 Å². The molecule has 0 aliphatic rings. The Morgan fingerprint density at radius 1 is 1.53 bits per heavy atom. The number of rotatable bonds is 3. The van der Waals surface area contributed by atoms with E-state index in [9.17, 15) is 9.90 Å². The Morgan fingerprint density at radius 3 is 2.73 bits per heavy atom. The number of hydrogen-bond acceptors (Lipinski definition) is 4. The van der Waals surface area contributed by atoms with Gasteiger partial charge in [0.05, 0.1) is 24.5 Å². The average Bonchev–Trinajstić information content (AvgIpc) is 2.17. The summed E-state index contributed by atoms with van der Waals surface area (Å²) in [5.41, 5.74) is 0.134. The van der Waals surface area contributed by atoms with Crippen LogP contribution in [0, 0.1) is 0 Å². The van der Waals surface area contributed by atoms with Gasteiger partial charge in [-0.2, -0.15) is 0 Å². The van der Waals surface area contributed by atoms with Crippen molar-refractivity contribution < 1.29 is 9.90 Å². The van der Waals surface area contributed by atoms with Crippen LogP contribution >= 0.6 is 11.6 Å². The maximum absolute atomic E-state index is 11.5. The number of halogens is 1. The molecule has 0 radical (unpaired) electrons. The molecule has 1 rings (SSSR count). The number of nitrogens with one attached hydrogen (secondary N) is 1. The third kappa shape index (κ3) is 3.45. The normalized spacial score (nSPS) is 14.4. The van der Waals surface area contributed by atoms with Crippen LogP contribution in [0.25, 0.3) is 0 Å². The van der Waals surface area contributed by atoms with Gasteiger partial charge in [-0.25, -0.2) is 4.98 Å². The fourth-order valence-corrected chi connectivity index (χ4v) is 1.00. The lowest BCUT2D eigenvalue weighted by Gasteiger charge is -2.15. The van der Waals surface area contributed by atoms with Gasteiger partial charge in [0.1, 0.15) is 10.8 Å². The van der Waals surface area contributed by atoms with Crippen LogP contribution in [0.3, 0.4) is 0 Å². The second kappa shape index (κ2) is 5.04. The molecule has 1 aromatic rings. The number of amides is 1. The quantitative estimate of drug-likeness (QED) is 0.797. The zero-order valence-electron chi connectivity index (χ0n) is 8.44. The van der Waals surface area contributed by atoms with Gasteiger partial charge >= 0.3 is 0 Å². The fraction of sp³-hybridized carbons (Fsp3) is 0.444. The highest BCUT2D eigenvalue weighted by atomic mass is 35.5. The summed E-state index contributed by atoms with van der Waals surface area (Å²) in [7, 11) is 0. The summed E-state index contributed by atoms with van der Waals surface area (Å²) in [6.07, 6.45) is 2.04. The first-order valence-electron chi connectivity index (χ1n) is 4.47. The minimum atomic E-state index is -0.624. The number of aliphatic hydroxyl groups excluding tert-OH is 1. The van der Waals surface area contributed by atoms with Gasteiger partial charge in [-0.15, -0.1) is 0 Å². The lowest BCUT2D eigenvalue weighted by molar-refractivity contribution is 0.0868. The smallest absolute Gasteiger partial charge is 0.271 e. The number of carbonyl (C=O) groups is 1. The molecule has 15 heavy (non-hydrogen) atoms. The first kappa shape index (κ1) is 11.9. The summed E-state index contributed by atoms with van der Waals surface area (Å²) < 4.78 is 0. The largest absolute Gasteiger partial charge is 0.391 e. The molecule has 82 valence electrons. The first-order valence-corrected chi connectivity index (χ1v) is 4.85. The average molecular weight is 230 g/mol. The Morgan fingerprint density at radius 2 is 2.20 bits per heavy atom. The number of hydrogen-bond donors (Lipinski definition) is 2. The van der Waals surface area contributed by atoms with E-state index in [1.54, 1.807) is 13.8 Å². The molecule has 0 aromatic carbocycles. The highest BCUT2D eigenvalue weighted by Crippen LogP contribution is 2.03. The van der Waals surface area contributed by atoms with Gasteiger partial charge in [0.2, 0.25) is 0 Å². The number of carbonyl (C=O) groups excluding carboxylic acids is 1. The monoisotopic (exact) mass is 229 g/mol. The van der Waals surface area contributed by atoms with E-state index >= 15 is 0 Å². The standard InChI is InChI=1S/C9H12ClN3O2/c1-5(6(2)14)12-9(15)7-3-11-4-8(10)13-7/h3-6,14H,1-2H3,(H,12,15). The van der Waals surface area contributed by atoms with Crippen molar-refractivity contribution in [3.05, 3.63) is 23.2 Å². The molecule has 0 aliphatic heterocycles. The van der Waals surface area contributed by atoms with E-state index in [-0.39, 0.29) is 16.9 Å². The van der Waals surface area contributed by atoms with E-state index < -0.39 is 12.0 Å². The van der Waals surface area contributed by atoms with Gasteiger partial charge in [0.25, 0.3) is 5.91 Å². The Hall–Kier alpha value is -1.20. The molecular weight excluding hydrogens is 218 g/mol. The second-order valence-electron chi connectivity index (χ2n) is 3.23. The lowest BCUT2D eigenvalue weighted by atomic mass is 10.2. The second-order valence-corrected chi connectivity index (χ2v) is 3.62. The van der Waals surface area contributed by atoms with E-state index in [1.807, 2.05) is 0 Å². The predicted octanol–water partition coefficient (Wildman–Crippen LogP) is 0.629. The summed E-state index contributed by atoms with van der Waals surface area (Å²) in [6, 6.07) is -0.349. The minimum Gasteiger partial charge on any atom is -0.391 e. The van der Waals surface area contributed by atoms with Gasteiger partial charge in [0.15, 0.2) is 0 Å². The summed E-state index contributed by atoms with van der Waals surface area (Å²) >= 11 is 5.59. The van der Waals surface area contributed by atoms with Crippen LogP contribution in [-0.4, -0.2) is 33.1 Å². The van der Waals surface area contributed by atoms with E-state index in [0.717, 1.165) is 0 Å². The van der Waals surface area contributed by atoms with Crippen molar-refractivity contribution in [2.45, 2.75) is 26.0 Å². The van der Waals surface area contributed by atoms with Crippen molar-refractivity contribution in [2.75, 3.05) is 0 Å². The Balaban J connectivity index is 2.69. The molecule has 5 nitrogen and oxygen atoms in total. The third-order valence-electron chi connectivity index (χ3n) is 1.92. The molecule has 0 bridgehead atoms. The van der Waals surface area contributed by atoms with Crippen molar-refractivity contribution in [3.63, 3.8) is 0 Å². The summed E-state index contributed by atoms with van der Waals surface area (Å²) in [5, 5.41) is 11.9. The zero-order chi connectivity index (χ0) is 11.4. The van der Waals surface area contributed by atoms with E-state index in [2.05, 4.69) is 15.3 Å². The predicted molar refractivity (Wildman–Crippen MR) is 55.7 cm³/mol. The Kier molecular flexibility index (Phi) is 3.99. The van der Waals surface area contributed by atoms with Gasteiger partial charge in [-0.05, 0) is 13.8 Å². The van der Waals surface area contributed by atoms with E-state index in [4.69, 9.17) is 11.6 Å². The summed E-state index contributed by atoms with van der Waals surface area (Å²) in [6.45, 7) is 3.29. The van der Waals surface area contributed by atoms with Crippen molar-refractivity contribution in [1.29, 1.82) is 0 Å². The van der Waals surface area contributed by atoms with E-state index in [0.29, 0.717) is 0 Å². The molecule has 1 amide bonds. The molecule has 2 atom stereocenters. The van der Waals surface area contributed by atoms with Crippen LogP contribution in [0.4, 0.5) is 0 Å². The molecule has 2 unspecified atom stereocenters. The van der Waals surface area contributed by atoms with Crippen LogP contribution < -0.4 is 5.32 Å². The summed E-state index contributed by atoms with van der Waals surface area (Å²) in [4.78, 5) is 19.1. The topological polar surface area (TPSA) is 75.1 Å². The minimum absolute atomic E-state index is 0.134. The molecule has 1 heterocycles. The van der Waals surface area contributed by atoms with Gasteiger partial charge in [0, 0.05) is 0 Å². The van der Waals surface area contributed by atoms with Crippen molar-refractivity contribution in [1.82, 2.24) is 15.3 Å². The summed E-state index contributed by atoms with van der Waals surface area (Å²) in [5.74, 6) is -0.404. The third-order valence-corrected chi connectivity index (χ3v) is 2.10. The number of aromatic nitrogens is 2. The molecular formula is C9H12ClN3O2. The first-order chi connectivity index (χ1) is 7.00. The highest BCUT2D eigenvalue weighted by molar-refractivity contribution is 6.29. The van der Waals surface area contributed by atoms with Gasteiger partial charge in [-0.1, -0.05) is 11.6 Å². The highest BCUT2D eigenvalue weighted by Gasteiger charge is 2.14. The number of aliphatic hydroxyl groups is 1. The SMILES string of the molecule is CC(O)C(C)NC(=O)c1cncc(Cl)n1. The zero-order valence-corrected chi connectivity index (χ0v) is 9.19. The molecule has 0 fully saturated rings. The molecule has 0 saturated carbocycles. The fourth-order valence-electron chi connectivity index (χ4n) is 0.853. The van der Waals surface area contributed by atoms with Gasteiger partial charge < -0.3 is 10.4 Å². The Labute approximate surface area is 92.5 Å². The maximum atomic E-state index is 11.5. The molecule has 0 spiro atoms. The Bertz CT molecular complexity index is 357. The molecule has 0 saturated heterocycles. The molecule has 0 aliphatic carbocycles. The lowest BCUT2D eigenvalue weighted by Crippen LogP contribution is -2.40. The van der Waals surface area contributed by atoms with Gasteiger partial charge in [-0.3, -0.25) is 9.78 Å². The van der Waals surface area contributed by atoms with Crippen LogP contribution in [0.1, 0.15) is 24.3 Å². The molecule has 2 N–H and O–H groups in total. The van der Waals surface area contributed by atoms with Crippen molar-refractivity contribution >= 4 is 17.5 Å². The maximum Gasteiger partial charge on any atom is 0.271 e.